The van der Waals surface area contributed by atoms with Crippen LogP contribution in [0.15, 0.2) is 59.3 Å². The molecule has 0 bridgehead atoms. The Balaban J connectivity index is 2.03. The fourth-order valence-electron chi connectivity index (χ4n) is 2.66. The lowest BCUT2D eigenvalue weighted by molar-refractivity contribution is -0.120. The van der Waals surface area contributed by atoms with E-state index in [0.717, 1.165) is 10.6 Å². The van der Waals surface area contributed by atoms with E-state index in [1.54, 1.807) is 11.0 Å². The van der Waals surface area contributed by atoms with E-state index >= 15 is 0 Å². The van der Waals surface area contributed by atoms with Gasteiger partial charge in [-0.1, -0.05) is 53.0 Å². The Kier molecular flexibility index (Phi) is 5.04. The SMILES string of the molecule is CCN(C1=C(Cl)C(=O)N(c2ccc(Cl)c(Cl)c2)C1=O)c1ccccc1. The van der Waals surface area contributed by atoms with Crippen LogP contribution < -0.4 is 9.80 Å². The molecular formula is C18H13Cl3N2O2. The molecule has 1 aliphatic rings. The van der Waals surface area contributed by atoms with Gasteiger partial charge in [-0.2, -0.15) is 0 Å². The predicted molar refractivity (Wildman–Crippen MR) is 101 cm³/mol. The van der Waals surface area contributed by atoms with Crippen LogP contribution in [0, 0.1) is 0 Å². The number of nitrogens with zero attached hydrogens (tertiary/aromatic N) is 2. The van der Waals surface area contributed by atoms with Gasteiger partial charge in [-0.05, 0) is 37.3 Å². The number of amides is 2. The van der Waals surface area contributed by atoms with Gasteiger partial charge in [-0.15, -0.1) is 0 Å². The number of para-hydroxylation sites is 1. The quantitative estimate of drug-likeness (QED) is 0.695. The van der Waals surface area contributed by atoms with E-state index in [0.29, 0.717) is 17.3 Å². The van der Waals surface area contributed by atoms with E-state index in [9.17, 15) is 9.59 Å². The first kappa shape index (κ1) is 17.8. The van der Waals surface area contributed by atoms with Crippen LogP contribution >= 0.6 is 34.8 Å². The van der Waals surface area contributed by atoms with E-state index in [1.165, 1.54) is 12.1 Å². The van der Waals surface area contributed by atoms with Crippen molar-refractivity contribution in [3.63, 3.8) is 0 Å². The summed E-state index contributed by atoms with van der Waals surface area (Å²) < 4.78 is 0. The maximum Gasteiger partial charge on any atom is 0.283 e. The number of hydrogen-bond acceptors (Lipinski definition) is 3. The molecule has 128 valence electrons. The van der Waals surface area contributed by atoms with Gasteiger partial charge in [-0.3, -0.25) is 9.59 Å². The molecule has 0 fully saturated rings. The number of hydrogen-bond donors (Lipinski definition) is 0. The van der Waals surface area contributed by atoms with Crippen molar-refractivity contribution in [2.75, 3.05) is 16.3 Å². The summed E-state index contributed by atoms with van der Waals surface area (Å²) in [6, 6.07) is 13.8. The molecule has 1 aliphatic heterocycles. The molecule has 25 heavy (non-hydrogen) atoms. The molecular weight excluding hydrogens is 383 g/mol. The van der Waals surface area contributed by atoms with E-state index in [4.69, 9.17) is 34.8 Å². The lowest BCUT2D eigenvalue weighted by atomic mass is 10.2. The summed E-state index contributed by atoms with van der Waals surface area (Å²) in [6.07, 6.45) is 0. The molecule has 3 rings (SSSR count). The second-order valence-electron chi connectivity index (χ2n) is 5.29. The molecule has 4 nitrogen and oxygen atoms in total. The van der Waals surface area contributed by atoms with Crippen molar-refractivity contribution in [2.24, 2.45) is 0 Å². The van der Waals surface area contributed by atoms with Gasteiger partial charge in [0.05, 0.1) is 15.7 Å². The van der Waals surface area contributed by atoms with Gasteiger partial charge in [0.25, 0.3) is 11.8 Å². The summed E-state index contributed by atoms with van der Waals surface area (Å²) in [7, 11) is 0. The molecule has 0 atom stereocenters. The summed E-state index contributed by atoms with van der Waals surface area (Å²) in [5, 5.41) is 0.463. The first-order valence-electron chi connectivity index (χ1n) is 7.52. The third kappa shape index (κ3) is 3.13. The van der Waals surface area contributed by atoms with Crippen LogP contribution in [-0.2, 0) is 9.59 Å². The molecule has 0 saturated heterocycles. The number of anilines is 2. The monoisotopic (exact) mass is 394 g/mol. The molecule has 0 radical (unpaired) electrons. The first-order valence-corrected chi connectivity index (χ1v) is 8.65. The maximum absolute atomic E-state index is 12.9. The van der Waals surface area contributed by atoms with Gasteiger partial charge in [-0.25, -0.2) is 4.90 Å². The minimum atomic E-state index is -0.588. The predicted octanol–water partition coefficient (Wildman–Crippen LogP) is 4.84. The Bertz CT molecular complexity index is 881. The zero-order valence-electron chi connectivity index (χ0n) is 13.2. The molecule has 2 aromatic carbocycles. The van der Waals surface area contributed by atoms with E-state index in [-0.39, 0.29) is 15.8 Å². The van der Waals surface area contributed by atoms with Crippen LogP contribution in [0.5, 0.6) is 0 Å². The highest BCUT2D eigenvalue weighted by Gasteiger charge is 2.41. The summed E-state index contributed by atoms with van der Waals surface area (Å²) in [4.78, 5) is 28.2. The van der Waals surface area contributed by atoms with Crippen molar-refractivity contribution >= 4 is 58.0 Å². The Morgan fingerprint density at radius 2 is 1.60 bits per heavy atom. The molecule has 0 aliphatic carbocycles. The lowest BCUT2D eigenvalue weighted by Crippen LogP contribution is -2.35. The largest absolute Gasteiger partial charge is 0.336 e. The highest BCUT2D eigenvalue weighted by molar-refractivity contribution is 6.53. The van der Waals surface area contributed by atoms with Gasteiger partial charge in [0, 0.05) is 12.2 Å². The van der Waals surface area contributed by atoms with Crippen LogP contribution in [-0.4, -0.2) is 18.4 Å². The van der Waals surface area contributed by atoms with Crippen molar-refractivity contribution in [3.8, 4) is 0 Å². The average molecular weight is 396 g/mol. The molecule has 0 unspecified atom stereocenters. The molecule has 1 heterocycles. The lowest BCUT2D eigenvalue weighted by Gasteiger charge is -2.24. The fourth-order valence-corrected chi connectivity index (χ4v) is 3.22. The Labute approximate surface area is 160 Å². The standard InChI is InChI=1S/C18H13Cl3N2O2/c1-2-22(11-6-4-3-5-7-11)16-15(21)17(24)23(18(16)25)12-8-9-13(19)14(20)10-12/h3-10H,2H2,1H3. The summed E-state index contributed by atoms with van der Waals surface area (Å²) in [5.41, 5.74) is 1.24. The van der Waals surface area contributed by atoms with Gasteiger partial charge >= 0.3 is 0 Å². The van der Waals surface area contributed by atoms with Gasteiger partial charge < -0.3 is 4.90 Å². The molecule has 0 saturated carbocycles. The highest BCUT2D eigenvalue weighted by atomic mass is 35.5. The van der Waals surface area contributed by atoms with Gasteiger partial charge in [0.2, 0.25) is 0 Å². The van der Waals surface area contributed by atoms with E-state index < -0.39 is 11.8 Å². The minimum Gasteiger partial charge on any atom is -0.336 e. The summed E-state index contributed by atoms with van der Waals surface area (Å²) in [6.45, 7) is 2.35. The smallest absolute Gasteiger partial charge is 0.283 e. The second kappa shape index (κ2) is 7.08. The number of carbonyl (C=O) groups is 2. The third-order valence-electron chi connectivity index (χ3n) is 3.82. The molecule has 2 aromatic rings. The number of carbonyl (C=O) groups excluding carboxylic acids is 2. The molecule has 2 amide bonds. The summed E-state index contributed by atoms with van der Waals surface area (Å²) >= 11 is 18.1. The number of likely N-dealkylation sites (N-methyl/N-ethyl adjacent to an activating group) is 1. The zero-order valence-corrected chi connectivity index (χ0v) is 15.4. The second-order valence-corrected chi connectivity index (χ2v) is 6.48. The van der Waals surface area contributed by atoms with Crippen LogP contribution in [0.3, 0.4) is 0 Å². The van der Waals surface area contributed by atoms with Crippen LogP contribution in [0.2, 0.25) is 10.0 Å². The van der Waals surface area contributed by atoms with Crippen molar-refractivity contribution in [1.29, 1.82) is 0 Å². The number of benzene rings is 2. The van der Waals surface area contributed by atoms with Crippen molar-refractivity contribution in [1.82, 2.24) is 0 Å². The van der Waals surface area contributed by atoms with Crippen molar-refractivity contribution in [2.45, 2.75) is 6.92 Å². The molecule has 0 N–H and O–H groups in total. The zero-order chi connectivity index (χ0) is 18.1. The van der Waals surface area contributed by atoms with Crippen molar-refractivity contribution < 1.29 is 9.59 Å². The highest BCUT2D eigenvalue weighted by Crippen LogP contribution is 2.35. The topological polar surface area (TPSA) is 40.6 Å². The number of rotatable bonds is 4. The van der Waals surface area contributed by atoms with E-state index in [2.05, 4.69) is 0 Å². The van der Waals surface area contributed by atoms with Crippen LogP contribution in [0.25, 0.3) is 0 Å². The van der Waals surface area contributed by atoms with Crippen LogP contribution in [0.4, 0.5) is 11.4 Å². The Morgan fingerprint density at radius 3 is 2.20 bits per heavy atom. The van der Waals surface area contributed by atoms with E-state index in [1.807, 2.05) is 37.3 Å². The minimum absolute atomic E-state index is 0.123. The molecule has 0 spiro atoms. The molecule has 7 heteroatoms. The van der Waals surface area contributed by atoms with Crippen molar-refractivity contribution in [3.05, 3.63) is 69.3 Å². The van der Waals surface area contributed by atoms with Gasteiger partial charge in [0.15, 0.2) is 0 Å². The number of halogens is 3. The fraction of sp³-hybridized carbons (Fsp3) is 0.111. The Hall–Kier alpha value is -2.01. The maximum atomic E-state index is 12.9. The number of imide groups is 1. The normalized spacial score (nSPS) is 14.5. The van der Waals surface area contributed by atoms with Crippen LogP contribution in [0.1, 0.15) is 6.92 Å². The summed E-state index contributed by atoms with van der Waals surface area (Å²) in [5.74, 6) is -1.09. The Morgan fingerprint density at radius 1 is 0.920 bits per heavy atom. The third-order valence-corrected chi connectivity index (χ3v) is 4.90. The van der Waals surface area contributed by atoms with Gasteiger partial charge in [0.1, 0.15) is 10.7 Å². The average Bonchev–Trinajstić information content (AvgIpc) is 2.83. The first-order chi connectivity index (χ1) is 12.0. The molecule has 0 aromatic heterocycles.